The number of hydrogen-bond acceptors (Lipinski definition) is 4. The number of allylic oxidation sites excluding steroid dienone is 8. The van der Waals surface area contributed by atoms with Crippen LogP contribution >= 0.6 is 11.6 Å². The lowest BCUT2D eigenvalue weighted by molar-refractivity contribution is -0.382. The van der Waals surface area contributed by atoms with Gasteiger partial charge in [0, 0.05) is 11.5 Å². The van der Waals surface area contributed by atoms with Gasteiger partial charge < -0.3 is 8.92 Å². The van der Waals surface area contributed by atoms with Gasteiger partial charge in [-0.2, -0.15) is 47.9 Å². The molecular formula is C18H12ClF9O4S. The zero-order valence-corrected chi connectivity index (χ0v) is 17.7. The molecule has 2 aliphatic rings. The first-order valence-corrected chi connectivity index (χ1v) is 10.3. The van der Waals surface area contributed by atoms with Crippen molar-refractivity contribution in [3.63, 3.8) is 0 Å². The van der Waals surface area contributed by atoms with Crippen LogP contribution in [0.2, 0.25) is 0 Å². The van der Waals surface area contributed by atoms with Crippen molar-refractivity contribution in [2.75, 3.05) is 0 Å². The molecule has 0 fully saturated rings. The Morgan fingerprint density at radius 1 is 1.12 bits per heavy atom. The van der Waals surface area contributed by atoms with Crippen molar-refractivity contribution in [2.24, 2.45) is 0 Å². The second kappa shape index (κ2) is 8.46. The van der Waals surface area contributed by atoms with Gasteiger partial charge in [0.15, 0.2) is 0 Å². The molecule has 0 unspecified atom stereocenters. The van der Waals surface area contributed by atoms with Gasteiger partial charge in [0.2, 0.25) is 0 Å². The van der Waals surface area contributed by atoms with Gasteiger partial charge in [-0.25, -0.2) is 0 Å². The molecule has 0 atom stereocenters. The maximum atomic E-state index is 14.0. The Morgan fingerprint density at radius 2 is 1.70 bits per heavy atom. The summed E-state index contributed by atoms with van der Waals surface area (Å²) in [5.74, 6) is -16.1. The highest BCUT2D eigenvalue weighted by molar-refractivity contribution is 7.88. The lowest BCUT2D eigenvalue weighted by Crippen LogP contribution is -2.63. The van der Waals surface area contributed by atoms with E-state index in [2.05, 4.69) is 10.8 Å². The summed E-state index contributed by atoms with van der Waals surface area (Å²) in [6, 6.07) is 0. The fourth-order valence-electron chi connectivity index (χ4n) is 2.61. The zero-order valence-electron chi connectivity index (χ0n) is 16.1. The predicted molar refractivity (Wildman–Crippen MR) is 97.7 cm³/mol. The van der Waals surface area contributed by atoms with Gasteiger partial charge in [-0.3, -0.25) is 0 Å². The number of alkyl halides is 9. The summed E-state index contributed by atoms with van der Waals surface area (Å²) in [5, 5.41) is -7.12. The molecule has 0 radical (unpaired) electrons. The van der Waals surface area contributed by atoms with Crippen molar-refractivity contribution >= 4 is 21.7 Å². The molecule has 0 N–H and O–H groups in total. The van der Waals surface area contributed by atoms with Crippen molar-refractivity contribution in [1.29, 1.82) is 0 Å². The molecule has 0 spiro atoms. The molecule has 184 valence electrons. The van der Waals surface area contributed by atoms with Crippen LogP contribution < -0.4 is 0 Å². The van der Waals surface area contributed by atoms with E-state index in [1.807, 2.05) is 0 Å². The minimum absolute atomic E-state index is 0.0168. The Hall–Kier alpha value is -2.35. The molecular weight excluding hydrogens is 519 g/mol. The maximum Gasteiger partial charge on any atom is 0.460 e. The first-order valence-electron chi connectivity index (χ1n) is 8.47. The van der Waals surface area contributed by atoms with E-state index in [1.165, 1.54) is 18.2 Å². The highest BCUT2D eigenvalue weighted by Crippen LogP contribution is 2.55. The van der Waals surface area contributed by atoms with Gasteiger partial charge in [0.05, 0.1) is 5.57 Å². The Labute approximate surface area is 186 Å². The summed E-state index contributed by atoms with van der Waals surface area (Å²) in [4.78, 5) is 0. The van der Waals surface area contributed by atoms with E-state index in [4.69, 9.17) is 16.3 Å². The molecule has 0 aromatic heterocycles. The van der Waals surface area contributed by atoms with Crippen molar-refractivity contribution in [1.82, 2.24) is 0 Å². The van der Waals surface area contributed by atoms with Crippen LogP contribution in [0.1, 0.15) is 13.3 Å². The van der Waals surface area contributed by atoms with E-state index in [9.17, 15) is 47.9 Å². The van der Waals surface area contributed by atoms with Crippen LogP contribution in [0.25, 0.3) is 0 Å². The Bertz CT molecular complexity index is 1110. The molecule has 1 aliphatic heterocycles. The average Bonchev–Trinajstić information content (AvgIpc) is 2.83. The van der Waals surface area contributed by atoms with Crippen molar-refractivity contribution in [3.8, 4) is 0 Å². The first-order chi connectivity index (χ1) is 14.9. The van der Waals surface area contributed by atoms with E-state index < -0.39 is 44.7 Å². The standard InChI is InChI=1S/C18H12ClF9O4S/c1-3-12-14(10-8-9(31-12)6-5-7-11(10)19)13(4-2)32-33(29,30)18(27,28)16(22,23)15(20,21)17(24,25)26/h3-7H,1,8H2,2H3/b13-4+. The topological polar surface area (TPSA) is 52.6 Å². The molecule has 1 heterocycles. The largest absolute Gasteiger partial charge is 0.461 e. The van der Waals surface area contributed by atoms with E-state index in [0.717, 1.165) is 13.0 Å². The molecule has 0 aromatic carbocycles. The molecule has 33 heavy (non-hydrogen) atoms. The number of ether oxygens (including phenoxy) is 1. The minimum atomic E-state index is -7.44. The summed E-state index contributed by atoms with van der Waals surface area (Å²) >= 11 is 6.06. The zero-order chi connectivity index (χ0) is 25.6. The summed E-state index contributed by atoms with van der Waals surface area (Å²) in [6.07, 6.45) is -1.68. The summed E-state index contributed by atoms with van der Waals surface area (Å²) < 4.78 is 152. The first kappa shape index (κ1) is 26.9. The van der Waals surface area contributed by atoms with Crippen LogP contribution in [0, 0.1) is 0 Å². The Kier molecular flexibility index (Phi) is 6.89. The fourth-order valence-corrected chi connectivity index (χ4v) is 3.81. The van der Waals surface area contributed by atoms with Gasteiger partial charge >= 0.3 is 33.4 Å². The molecule has 2 bridgehead atoms. The van der Waals surface area contributed by atoms with Crippen LogP contribution in [0.3, 0.4) is 0 Å². The molecule has 0 saturated heterocycles. The van der Waals surface area contributed by atoms with Gasteiger partial charge in [0.25, 0.3) is 0 Å². The second-order valence-electron chi connectivity index (χ2n) is 6.39. The Balaban J connectivity index is 2.61. The summed E-state index contributed by atoms with van der Waals surface area (Å²) in [7, 11) is -7.16. The third-order valence-electron chi connectivity index (χ3n) is 4.28. The van der Waals surface area contributed by atoms with Crippen LogP contribution in [-0.2, 0) is 19.0 Å². The summed E-state index contributed by atoms with van der Waals surface area (Å²) in [6.45, 7) is 4.34. The molecule has 0 amide bonds. The third kappa shape index (κ3) is 4.29. The van der Waals surface area contributed by atoms with E-state index in [-0.39, 0.29) is 28.5 Å². The Morgan fingerprint density at radius 3 is 2.18 bits per heavy atom. The molecule has 0 aromatic rings. The van der Waals surface area contributed by atoms with Crippen molar-refractivity contribution in [3.05, 3.63) is 70.4 Å². The lowest BCUT2D eigenvalue weighted by atomic mass is 9.96. The lowest BCUT2D eigenvalue weighted by Gasteiger charge is -2.33. The van der Waals surface area contributed by atoms with E-state index in [1.54, 1.807) is 0 Å². The van der Waals surface area contributed by atoms with Gasteiger partial charge in [-0.1, -0.05) is 24.3 Å². The predicted octanol–water partition coefficient (Wildman–Crippen LogP) is 6.47. The molecule has 0 saturated carbocycles. The van der Waals surface area contributed by atoms with Crippen LogP contribution in [0.15, 0.2) is 70.4 Å². The van der Waals surface area contributed by atoms with Gasteiger partial charge in [-0.15, -0.1) is 0 Å². The van der Waals surface area contributed by atoms with Gasteiger partial charge in [0.1, 0.15) is 17.3 Å². The van der Waals surface area contributed by atoms with Crippen molar-refractivity contribution in [2.45, 2.75) is 36.6 Å². The SMILES string of the molecule is C=CC1=C(/C(=C\C)OS(=O)(=O)C(F)(F)C(F)(F)C(F)(F)C(F)(F)F)C2=C(Cl)C=CC=C(C2)O1. The van der Waals surface area contributed by atoms with Crippen LogP contribution in [0.5, 0.6) is 0 Å². The number of rotatable bonds is 7. The highest BCUT2D eigenvalue weighted by Gasteiger charge is 2.86. The smallest absolute Gasteiger partial charge is 0.460 e. The summed E-state index contributed by atoms with van der Waals surface area (Å²) in [5.41, 5.74) is -0.497. The van der Waals surface area contributed by atoms with E-state index in [0.29, 0.717) is 6.08 Å². The normalized spacial score (nSPS) is 18.6. The quantitative estimate of drug-likeness (QED) is 0.215. The molecule has 1 aliphatic carbocycles. The number of fused-ring (bicyclic) bond motifs is 2. The van der Waals surface area contributed by atoms with Gasteiger partial charge in [-0.05, 0) is 36.8 Å². The number of hydrogen-bond donors (Lipinski definition) is 0. The molecule has 2 rings (SSSR count). The minimum Gasteiger partial charge on any atom is -0.461 e. The third-order valence-corrected chi connectivity index (χ3v) is 5.91. The van der Waals surface area contributed by atoms with Crippen LogP contribution in [-0.4, -0.2) is 31.7 Å². The second-order valence-corrected chi connectivity index (χ2v) is 8.39. The fraction of sp³-hybridized carbons (Fsp3) is 0.333. The average molecular weight is 531 g/mol. The molecule has 15 heteroatoms. The van der Waals surface area contributed by atoms with E-state index >= 15 is 0 Å². The monoisotopic (exact) mass is 530 g/mol. The van der Waals surface area contributed by atoms with Crippen LogP contribution in [0.4, 0.5) is 39.5 Å². The van der Waals surface area contributed by atoms with Crippen molar-refractivity contribution < 1.29 is 56.9 Å². The molecule has 4 nitrogen and oxygen atoms in total. The maximum absolute atomic E-state index is 14.0. The highest BCUT2D eigenvalue weighted by atomic mass is 35.5. The number of halogens is 10.